The second kappa shape index (κ2) is 9.92. The largest absolute Gasteiger partial charge is 0.352 e. The highest BCUT2D eigenvalue weighted by molar-refractivity contribution is 6.31. The van der Waals surface area contributed by atoms with Gasteiger partial charge in [0.15, 0.2) is 4.87 Å². The Kier molecular flexibility index (Phi) is 6.78. The van der Waals surface area contributed by atoms with Crippen molar-refractivity contribution in [3.63, 3.8) is 0 Å². The summed E-state index contributed by atoms with van der Waals surface area (Å²) in [6.45, 7) is 0.100. The summed E-state index contributed by atoms with van der Waals surface area (Å²) in [4.78, 5) is 23.8. The second-order valence-electron chi connectivity index (χ2n) is 7.42. The summed E-state index contributed by atoms with van der Waals surface area (Å²) >= 11 is 12.6. The van der Waals surface area contributed by atoms with E-state index in [0.29, 0.717) is 21.8 Å². The molecule has 6 nitrogen and oxygen atoms in total. The average Bonchev–Trinajstić information content (AvgIpc) is 2.87. The van der Waals surface area contributed by atoms with Crippen LogP contribution in [0.1, 0.15) is 16.7 Å². The molecule has 1 aromatic heterocycles. The maximum Gasteiger partial charge on any atom is 0.352 e. The number of halogens is 2. The molecule has 0 aliphatic rings. The van der Waals surface area contributed by atoms with E-state index >= 15 is 0 Å². The molecule has 8 heteroatoms. The molecule has 1 heterocycles. The Balaban J connectivity index is 1.64. The number of nitriles is 1. The number of alkyl halides is 1. The van der Waals surface area contributed by atoms with Gasteiger partial charge in [-0.1, -0.05) is 90.0 Å². The number of rotatable bonds is 6. The first kappa shape index (κ1) is 23.2. The third kappa shape index (κ3) is 4.72. The SMILES string of the molecule is N#CC(Cl)(c1ccc(Cl)cc1)c1ccc(-n2ncc(=O)n(CC=Cc3ccccc3)c2=O)cc1. The van der Waals surface area contributed by atoms with E-state index in [2.05, 4.69) is 11.2 Å². The maximum atomic E-state index is 13.0. The van der Waals surface area contributed by atoms with Crippen LogP contribution in [0.2, 0.25) is 5.02 Å². The number of aromatic nitrogens is 3. The molecule has 0 saturated heterocycles. The maximum absolute atomic E-state index is 13.0. The first-order valence-electron chi connectivity index (χ1n) is 10.3. The Labute approximate surface area is 205 Å². The molecule has 0 fully saturated rings. The van der Waals surface area contributed by atoms with Crippen LogP contribution < -0.4 is 11.2 Å². The highest BCUT2D eigenvalue weighted by Crippen LogP contribution is 2.36. The van der Waals surface area contributed by atoms with Crippen molar-refractivity contribution < 1.29 is 0 Å². The van der Waals surface area contributed by atoms with Crippen molar-refractivity contribution in [3.8, 4) is 11.8 Å². The lowest BCUT2D eigenvalue weighted by atomic mass is 9.91. The van der Waals surface area contributed by atoms with E-state index in [1.54, 1.807) is 54.6 Å². The zero-order valence-corrected chi connectivity index (χ0v) is 19.3. The van der Waals surface area contributed by atoms with Crippen molar-refractivity contribution in [1.29, 1.82) is 5.26 Å². The van der Waals surface area contributed by atoms with Gasteiger partial charge in [0.1, 0.15) is 6.20 Å². The summed E-state index contributed by atoms with van der Waals surface area (Å²) in [6, 6.07) is 25.0. The van der Waals surface area contributed by atoms with Gasteiger partial charge in [-0.2, -0.15) is 15.0 Å². The van der Waals surface area contributed by atoms with E-state index in [9.17, 15) is 14.9 Å². The Morgan fingerprint density at radius 1 is 0.941 bits per heavy atom. The van der Waals surface area contributed by atoms with Crippen LogP contribution in [0, 0.1) is 11.3 Å². The summed E-state index contributed by atoms with van der Waals surface area (Å²) in [5.41, 5.74) is 1.42. The summed E-state index contributed by atoms with van der Waals surface area (Å²) in [6.07, 6.45) is 4.68. The van der Waals surface area contributed by atoms with Crippen LogP contribution in [0.4, 0.5) is 0 Å². The topological polar surface area (TPSA) is 80.7 Å². The summed E-state index contributed by atoms with van der Waals surface area (Å²) in [7, 11) is 0. The van der Waals surface area contributed by atoms with Crippen LogP contribution in [0.15, 0.2) is 101 Å². The molecule has 34 heavy (non-hydrogen) atoms. The Morgan fingerprint density at radius 3 is 2.18 bits per heavy atom. The van der Waals surface area contributed by atoms with Gasteiger partial charge in [-0.3, -0.25) is 9.36 Å². The molecule has 1 unspecified atom stereocenters. The van der Waals surface area contributed by atoms with Crippen molar-refractivity contribution in [2.45, 2.75) is 11.4 Å². The van der Waals surface area contributed by atoms with Gasteiger partial charge in [-0.25, -0.2) is 4.79 Å². The van der Waals surface area contributed by atoms with Crippen molar-refractivity contribution in [2.75, 3.05) is 0 Å². The Hall–Kier alpha value is -3.92. The molecule has 0 radical (unpaired) electrons. The minimum Gasteiger partial charge on any atom is -0.267 e. The van der Waals surface area contributed by atoms with Crippen molar-refractivity contribution in [1.82, 2.24) is 14.3 Å². The second-order valence-corrected chi connectivity index (χ2v) is 8.43. The molecule has 0 spiro atoms. The van der Waals surface area contributed by atoms with Crippen molar-refractivity contribution in [2.24, 2.45) is 0 Å². The average molecular weight is 489 g/mol. The number of allylic oxidation sites excluding steroid dienone is 1. The molecule has 0 amide bonds. The number of benzene rings is 3. The third-order valence-corrected chi connectivity index (χ3v) is 6.04. The number of nitrogens with zero attached hydrogens (tertiary/aromatic N) is 4. The van der Waals surface area contributed by atoms with Gasteiger partial charge in [0.2, 0.25) is 0 Å². The lowest BCUT2D eigenvalue weighted by molar-refractivity contribution is 0.624. The smallest absolute Gasteiger partial charge is 0.267 e. The number of hydrogen-bond donors (Lipinski definition) is 0. The zero-order chi connectivity index (χ0) is 24.1. The molecule has 168 valence electrons. The molecular formula is C26H18Cl2N4O2. The number of hydrogen-bond acceptors (Lipinski definition) is 4. The van der Waals surface area contributed by atoms with E-state index in [0.717, 1.165) is 21.0 Å². The monoisotopic (exact) mass is 488 g/mol. The fraction of sp³-hybridized carbons (Fsp3) is 0.0769. The van der Waals surface area contributed by atoms with Gasteiger partial charge in [0.25, 0.3) is 5.56 Å². The van der Waals surface area contributed by atoms with E-state index < -0.39 is 16.1 Å². The minimum atomic E-state index is -1.43. The van der Waals surface area contributed by atoms with E-state index in [-0.39, 0.29) is 6.54 Å². The standard InChI is InChI=1S/C26H18Cl2N4O2/c27-22-12-8-20(9-13-22)26(28,18-29)21-10-14-23(15-11-21)32-25(34)31(24(33)17-30-32)16-4-7-19-5-2-1-3-6-19/h1-15,17H,16H2. The predicted molar refractivity (Wildman–Crippen MR) is 133 cm³/mol. The van der Waals surface area contributed by atoms with E-state index in [1.165, 1.54) is 0 Å². The highest BCUT2D eigenvalue weighted by atomic mass is 35.5. The van der Waals surface area contributed by atoms with Gasteiger partial charge < -0.3 is 0 Å². The van der Waals surface area contributed by atoms with Crippen LogP contribution in [-0.4, -0.2) is 14.3 Å². The third-order valence-electron chi connectivity index (χ3n) is 5.27. The molecule has 0 saturated carbocycles. The zero-order valence-electron chi connectivity index (χ0n) is 17.8. The molecule has 0 aliphatic heterocycles. The lowest BCUT2D eigenvalue weighted by Crippen LogP contribution is -2.39. The van der Waals surface area contributed by atoms with Crippen molar-refractivity contribution >= 4 is 29.3 Å². The lowest BCUT2D eigenvalue weighted by Gasteiger charge is -2.20. The van der Waals surface area contributed by atoms with Gasteiger partial charge in [-0.15, -0.1) is 0 Å². The first-order chi connectivity index (χ1) is 16.4. The quantitative estimate of drug-likeness (QED) is 0.366. The van der Waals surface area contributed by atoms with Crippen LogP contribution in [0.3, 0.4) is 0 Å². The van der Waals surface area contributed by atoms with Gasteiger partial charge in [0.05, 0.1) is 11.8 Å². The molecular weight excluding hydrogens is 471 g/mol. The molecule has 1 atom stereocenters. The van der Waals surface area contributed by atoms with E-state index in [1.807, 2.05) is 36.4 Å². The van der Waals surface area contributed by atoms with Gasteiger partial charge >= 0.3 is 5.69 Å². The Morgan fingerprint density at radius 2 is 1.56 bits per heavy atom. The van der Waals surface area contributed by atoms with Crippen LogP contribution in [0.5, 0.6) is 0 Å². The van der Waals surface area contributed by atoms with Crippen LogP contribution >= 0.6 is 23.2 Å². The van der Waals surface area contributed by atoms with Crippen LogP contribution in [0.25, 0.3) is 11.8 Å². The first-order valence-corrected chi connectivity index (χ1v) is 11.1. The molecule has 0 bridgehead atoms. The summed E-state index contributed by atoms with van der Waals surface area (Å²) in [5.74, 6) is 0. The summed E-state index contributed by atoms with van der Waals surface area (Å²) in [5, 5.41) is 14.3. The van der Waals surface area contributed by atoms with E-state index in [4.69, 9.17) is 23.2 Å². The predicted octanol–water partition coefficient (Wildman–Crippen LogP) is 4.77. The van der Waals surface area contributed by atoms with Gasteiger partial charge in [0, 0.05) is 11.6 Å². The minimum absolute atomic E-state index is 0.100. The Bertz CT molecular complexity index is 1490. The highest BCUT2D eigenvalue weighted by Gasteiger charge is 2.32. The van der Waals surface area contributed by atoms with Crippen LogP contribution in [-0.2, 0) is 11.4 Å². The molecule has 0 aliphatic carbocycles. The van der Waals surface area contributed by atoms with Crippen molar-refractivity contribution in [3.05, 3.63) is 134 Å². The summed E-state index contributed by atoms with van der Waals surface area (Å²) < 4.78 is 2.22. The molecule has 3 aromatic carbocycles. The van der Waals surface area contributed by atoms with Gasteiger partial charge in [-0.05, 0) is 41.0 Å². The molecule has 4 aromatic rings. The fourth-order valence-corrected chi connectivity index (χ4v) is 3.82. The normalized spacial score (nSPS) is 12.9. The fourth-order valence-electron chi connectivity index (χ4n) is 3.45. The molecule has 0 N–H and O–H groups in total. The molecule has 4 rings (SSSR count).